The molecule has 0 radical (unpaired) electrons. The second-order valence-electron chi connectivity index (χ2n) is 8.37. The third-order valence-electron chi connectivity index (χ3n) is 6.54. The van der Waals surface area contributed by atoms with Gasteiger partial charge in [-0.25, -0.2) is 0 Å². The Morgan fingerprint density at radius 3 is 2.35 bits per heavy atom. The summed E-state index contributed by atoms with van der Waals surface area (Å²) in [4.78, 5) is 5.49. The summed E-state index contributed by atoms with van der Waals surface area (Å²) < 4.78 is 0. The summed E-state index contributed by atoms with van der Waals surface area (Å²) in [5.41, 5.74) is 6.49. The van der Waals surface area contributed by atoms with Crippen LogP contribution in [0, 0.1) is 5.92 Å². The van der Waals surface area contributed by atoms with Crippen molar-refractivity contribution in [3.8, 4) is 0 Å². The van der Waals surface area contributed by atoms with Crippen LogP contribution in [0.2, 0.25) is 0 Å². The molecule has 1 heterocycles. The van der Waals surface area contributed by atoms with Crippen molar-refractivity contribution in [3.63, 3.8) is 0 Å². The Labute approximate surface area is 183 Å². The van der Waals surface area contributed by atoms with Gasteiger partial charge in [0.1, 0.15) is 18.0 Å². The third-order valence-corrected chi connectivity index (χ3v) is 6.54. The van der Waals surface area contributed by atoms with Crippen molar-refractivity contribution in [2.24, 2.45) is 11.1 Å². The molecule has 31 heavy (non-hydrogen) atoms. The molecular weight excluding hydrogens is 382 g/mol. The van der Waals surface area contributed by atoms with E-state index in [4.69, 9.17) is 9.94 Å². The molecular formula is C27H27N3O. The Hall–Kier alpha value is -3.40. The zero-order valence-electron chi connectivity index (χ0n) is 17.6. The first kappa shape index (κ1) is 19.6. The fourth-order valence-corrected chi connectivity index (χ4v) is 4.65. The second kappa shape index (κ2) is 8.38. The molecule has 4 nitrogen and oxygen atoms in total. The number of fused-ring (bicyclic) bond motifs is 1. The molecule has 1 N–H and O–H groups in total. The minimum atomic E-state index is -0.230. The molecule has 2 aliphatic carbocycles. The Morgan fingerprint density at radius 2 is 1.77 bits per heavy atom. The van der Waals surface area contributed by atoms with Gasteiger partial charge in [0.05, 0.1) is 0 Å². The molecule has 2 aliphatic rings. The summed E-state index contributed by atoms with van der Waals surface area (Å²) in [6.45, 7) is 4.12. The summed E-state index contributed by atoms with van der Waals surface area (Å²) in [6, 6.07) is 21.4. The molecule has 1 fully saturated rings. The highest BCUT2D eigenvalue weighted by Gasteiger charge is 2.38. The number of hydrogen-bond acceptors (Lipinski definition) is 3. The van der Waals surface area contributed by atoms with Crippen molar-refractivity contribution in [1.29, 1.82) is 0 Å². The highest BCUT2D eigenvalue weighted by Crippen LogP contribution is 2.42. The number of rotatable bonds is 7. The van der Waals surface area contributed by atoms with Gasteiger partial charge in [0.2, 0.25) is 0 Å². The Bertz CT molecular complexity index is 1070. The van der Waals surface area contributed by atoms with E-state index in [1.54, 1.807) is 6.08 Å². The summed E-state index contributed by atoms with van der Waals surface area (Å²) in [7, 11) is 0. The summed E-state index contributed by atoms with van der Waals surface area (Å²) in [6.07, 6.45) is 10.6. The van der Waals surface area contributed by atoms with Crippen LogP contribution in [0.25, 0.3) is 6.08 Å². The van der Waals surface area contributed by atoms with Crippen molar-refractivity contribution < 1.29 is 4.84 Å². The van der Waals surface area contributed by atoms with Gasteiger partial charge in [0, 0.05) is 29.0 Å². The number of aromatic nitrogens is 2. The average Bonchev–Trinajstić information content (AvgIpc) is 3.21. The average molecular weight is 410 g/mol. The first-order valence-corrected chi connectivity index (χ1v) is 11.0. The van der Waals surface area contributed by atoms with Gasteiger partial charge < -0.3 is 4.84 Å². The van der Waals surface area contributed by atoms with E-state index in [1.165, 1.54) is 17.5 Å². The van der Waals surface area contributed by atoms with Gasteiger partial charge in [-0.1, -0.05) is 97.0 Å². The normalized spacial score (nSPS) is 17.6. The Balaban J connectivity index is 1.57. The highest BCUT2D eigenvalue weighted by molar-refractivity contribution is 6.04. The number of allylic oxidation sites excluding steroid dienone is 1. The number of benzene rings is 2. The lowest BCUT2D eigenvalue weighted by atomic mass is 9.68. The number of oxime groups is 1. The van der Waals surface area contributed by atoms with E-state index in [0.717, 1.165) is 41.9 Å². The molecule has 0 bridgehead atoms. The molecule has 0 spiro atoms. The van der Waals surface area contributed by atoms with Gasteiger partial charge in [-0.3, -0.25) is 5.10 Å². The van der Waals surface area contributed by atoms with Gasteiger partial charge in [0.15, 0.2) is 0 Å². The van der Waals surface area contributed by atoms with Crippen molar-refractivity contribution in [3.05, 3.63) is 107 Å². The van der Waals surface area contributed by atoms with Gasteiger partial charge in [-0.05, 0) is 24.0 Å². The summed E-state index contributed by atoms with van der Waals surface area (Å²) >= 11 is 0. The summed E-state index contributed by atoms with van der Waals surface area (Å²) in [5, 5.41) is 12.5. The number of aromatic amines is 1. The number of nitrogens with zero attached hydrogens (tertiary/aromatic N) is 2. The predicted molar refractivity (Wildman–Crippen MR) is 125 cm³/mol. The number of hydrogen-bond donors (Lipinski definition) is 1. The largest absolute Gasteiger partial charge is 0.391 e. The first-order valence-electron chi connectivity index (χ1n) is 11.0. The zero-order valence-corrected chi connectivity index (χ0v) is 17.6. The molecule has 0 atom stereocenters. The molecule has 2 aromatic carbocycles. The van der Waals surface area contributed by atoms with Crippen LogP contribution < -0.4 is 0 Å². The molecule has 0 amide bonds. The van der Waals surface area contributed by atoms with Crippen LogP contribution in [0.15, 0.2) is 84.6 Å². The number of nitrogens with one attached hydrogen (secondary N) is 1. The standard InChI is InChI=1S/C27H27N3O/c1-2-18-31-30-25(20-10-9-11-20)26-23-16-17-27(19-24(23)28-29-26,21-12-5-3-6-13-21)22-14-7-4-8-15-22/h2-8,12-17,20H,1,9-11,18-19H2,(H,28,29)/b30-25-. The van der Waals surface area contributed by atoms with Crippen LogP contribution in [0.5, 0.6) is 0 Å². The van der Waals surface area contributed by atoms with Gasteiger partial charge in [0.25, 0.3) is 0 Å². The lowest BCUT2D eigenvalue weighted by Crippen LogP contribution is -2.31. The van der Waals surface area contributed by atoms with Crippen LogP contribution >= 0.6 is 0 Å². The van der Waals surface area contributed by atoms with Crippen molar-refractivity contribution in [2.45, 2.75) is 31.1 Å². The molecule has 156 valence electrons. The lowest BCUT2D eigenvalue weighted by Gasteiger charge is -2.34. The van der Waals surface area contributed by atoms with E-state index in [2.05, 4.69) is 89.6 Å². The zero-order chi connectivity index (χ0) is 21.1. The smallest absolute Gasteiger partial charge is 0.135 e. The van der Waals surface area contributed by atoms with Crippen LogP contribution in [-0.2, 0) is 16.7 Å². The topological polar surface area (TPSA) is 50.3 Å². The van der Waals surface area contributed by atoms with Crippen molar-refractivity contribution >= 4 is 11.8 Å². The maximum atomic E-state index is 5.49. The first-order chi connectivity index (χ1) is 15.3. The molecule has 0 saturated heterocycles. The van der Waals surface area contributed by atoms with Crippen LogP contribution in [0.3, 0.4) is 0 Å². The molecule has 0 unspecified atom stereocenters. The monoisotopic (exact) mass is 409 g/mol. The predicted octanol–water partition coefficient (Wildman–Crippen LogP) is 5.67. The van der Waals surface area contributed by atoms with Gasteiger partial charge in [-0.15, -0.1) is 0 Å². The Morgan fingerprint density at radius 1 is 1.10 bits per heavy atom. The van der Waals surface area contributed by atoms with Gasteiger partial charge >= 0.3 is 0 Å². The maximum Gasteiger partial charge on any atom is 0.135 e. The van der Waals surface area contributed by atoms with E-state index < -0.39 is 0 Å². The molecule has 3 aromatic rings. The molecule has 1 saturated carbocycles. The number of H-pyrrole nitrogens is 1. The van der Waals surface area contributed by atoms with Crippen LogP contribution in [-0.4, -0.2) is 22.5 Å². The minimum absolute atomic E-state index is 0.230. The highest BCUT2D eigenvalue weighted by atomic mass is 16.6. The lowest BCUT2D eigenvalue weighted by molar-refractivity contribution is 0.171. The summed E-state index contributed by atoms with van der Waals surface area (Å²) in [5.74, 6) is 0.417. The fraction of sp³-hybridized carbons (Fsp3) is 0.259. The van der Waals surface area contributed by atoms with E-state index in [-0.39, 0.29) is 5.41 Å². The third kappa shape index (κ3) is 3.52. The minimum Gasteiger partial charge on any atom is -0.391 e. The van der Waals surface area contributed by atoms with E-state index in [1.807, 2.05) is 0 Å². The molecule has 0 aliphatic heterocycles. The van der Waals surface area contributed by atoms with Crippen molar-refractivity contribution in [1.82, 2.24) is 10.2 Å². The Kier molecular flexibility index (Phi) is 5.29. The maximum absolute atomic E-state index is 5.49. The van der Waals surface area contributed by atoms with Gasteiger partial charge in [-0.2, -0.15) is 5.10 Å². The fourth-order valence-electron chi connectivity index (χ4n) is 4.65. The SMILES string of the molecule is C=CCO/N=C(\c1n[nH]c2c1C=CC(c1ccccc1)(c1ccccc1)C2)C1CCC1. The van der Waals surface area contributed by atoms with E-state index >= 15 is 0 Å². The van der Waals surface area contributed by atoms with Crippen LogP contribution in [0.4, 0.5) is 0 Å². The quantitative estimate of drug-likeness (QED) is 0.236. The van der Waals surface area contributed by atoms with E-state index in [9.17, 15) is 0 Å². The molecule has 1 aromatic heterocycles. The second-order valence-corrected chi connectivity index (χ2v) is 8.37. The molecule has 4 heteroatoms. The molecule has 5 rings (SSSR count). The van der Waals surface area contributed by atoms with Crippen LogP contribution in [0.1, 0.15) is 47.3 Å². The van der Waals surface area contributed by atoms with E-state index in [0.29, 0.717) is 12.5 Å². The van der Waals surface area contributed by atoms with Crippen molar-refractivity contribution in [2.75, 3.05) is 6.61 Å².